The minimum Gasteiger partial charge on any atom is -0.272 e. The van der Waals surface area contributed by atoms with E-state index in [4.69, 9.17) is 0 Å². The Bertz CT molecular complexity index is 206. The van der Waals surface area contributed by atoms with Crippen molar-refractivity contribution in [3.05, 3.63) is 18.5 Å². The fourth-order valence-corrected chi connectivity index (χ4v) is 1.67. The molecule has 0 radical (unpaired) electrons. The lowest BCUT2D eigenvalue weighted by Gasteiger charge is -2.17. The molecule has 1 heterocycles. The molecule has 0 aromatic carbocycles. The average Bonchev–Trinajstić information content (AvgIpc) is 2.51. The molecular formula is C9H16N2S. The third kappa shape index (κ3) is 2.55. The minimum absolute atomic E-state index is 0.619. The number of nitrogens with zero attached hydrogens (tertiary/aromatic N) is 2. The van der Waals surface area contributed by atoms with Crippen LogP contribution in [0.4, 0.5) is 0 Å². The zero-order valence-electron chi connectivity index (χ0n) is 7.64. The Labute approximate surface area is 79.4 Å². The molecule has 0 aliphatic carbocycles. The van der Waals surface area contributed by atoms with Crippen LogP contribution in [0.3, 0.4) is 0 Å². The van der Waals surface area contributed by atoms with Crippen molar-refractivity contribution in [2.24, 2.45) is 11.8 Å². The molecule has 0 spiro atoms. The van der Waals surface area contributed by atoms with E-state index in [-0.39, 0.29) is 0 Å². The van der Waals surface area contributed by atoms with Gasteiger partial charge < -0.3 is 0 Å². The highest BCUT2D eigenvalue weighted by Crippen LogP contribution is 2.14. The van der Waals surface area contributed by atoms with Gasteiger partial charge in [-0.3, -0.25) is 4.68 Å². The SMILES string of the molecule is CC(C)C(CS)Cn1cccn1. The van der Waals surface area contributed by atoms with E-state index < -0.39 is 0 Å². The fourth-order valence-electron chi connectivity index (χ4n) is 1.13. The van der Waals surface area contributed by atoms with Crippen molar-refractivity contribution in [1.82, 2.24) is 9.78 Å². The monoisotopic (exact) mass is 184 g/mol. The molecule has 0 bridgehead atoms. The van der Waals surface area contributed by atoms with Crippen LogP contribution in [0.15, 0.2) is 18.5 Å². The summed E-state index contributed by atoms with van der Waals surface area (Å²) in [6.07, 6.45) is 3.81. The summed E-state index contributed by atoms with van der Waals surface area (Å²) in [5.41, 5.74) is 0. The first-order valence-electron chi connectivity index (χ1n) is 4.32. The molecule has 0 saturated carbocycles. The predicted octanol–water partition coefficient (Wildman–Crippen LogP) is 2.09. The number of hydrogen-bond donors (Lipinski definition) is 1. The van der Waals surface area contributed by atoms with Crippen LogP contribution in [0.1, 0.15) is 13.8 Å². The first-order valence-corrected chi connectivity index (χ1v) is 4.95. The highest BCUT2D eigenvalue weighted by molar-refractivity contribution is 7.80. The van der Waals surface area contributed by atoms with E-state index >= 15 is 0 Å². The summed E-state index contributed by atoms with van der Waals surface area (Å²) in [5.74, 6) is 2.22. The van der Waals surface area contributed by atoms with Crippen LogP contribution in [0, 0.1) is 11.8 Å². The molecule has 68 valence electrons. The Morgan fingerprint density at radius 3 is 2.67 bits per heavy atom. The van der Waals surface area contributed by atoms with Crippen molar-refractivity contribution in [3.63, 3.8) is 0 Å². The van der Waals surface area contributed by atoms with Gasteiger partial charge in [0.1, 0.15) is 0 Å². The van der Waals surface area contributed by atoms with Gasteiger partial charge in [-0.1, -0.05) is 13.8 Å². The topological polar surface area (TPSA) is 17.8 Å². The Kier molecular flexibility index (Phi) is 3.66. The molecule has 1 aromatic heterocycles. The summed E-state index contributed by atoms with van der Waals surface area (Å²) in [6, 6.07) is 1.95. The molecule has 0 fully saturated rings. The molecular weight excluding hydrogens is 168 g/mol. The van der Waals surface area contributed by atoms with Crippen molar-refractivity contribution in [1.29, 1.82) is 0 Å². The van der Waals surface area contributed by atoms with E-state index in [0.29, 0.717) is 11.8 Å². The first-order chi connectivity index (χ1) is 5.74. The van der Waals surface area contributed by atoms with E-state index in [0.717, 1.165) is 12.3 Å². The third-order valence-corrected chi connectivity index (χ3v) is 2.63. The third-order valence-electron chi connectivity index (χ3n) is 2.16. The van der Waals surface area contributed by atoms with Crippen LogP contribution in [-0.4, -0.2) is 15.5 Å². The molecule has 0 aliphatic heterocycles. The van der Waals surface area contributed by atoms with E-state index in [1.807, 2.05) is 23.1 Å². The molecule has 0 saturated heterocycles. The van der Waals surface area contributed by atoms with Crippen molar-refractivity contribution in [2.75, 3.05) is 5.75 Å². The Hall–Kier alpha value is -0.440. The summed E-state index contributed by atoms with van der Waals surface area (Å²) in [7, 11) is 0. The lowest BCUT2D eigenvalue weighted by atomic mass is 9.98. The quantitative estimate of drug-likeness (QED) is 0.709. The maximum Gasteiger partial charge on any atom is 0.0489 e. The van der Waals surface area contributed by atoms with E-state index in [1.54, 1.807) is 0 Å². The average molecular weight is 184 g/mol. The van der Waals surface area contributed by atoms with E-state index in [9.17, 15) is 0 Å². The predicted molar refractivity (Wildman–Crippen MR) is 54.4 cm³/mol. The molecule has 0 amide bonds. The summed E-state index contributed by atoms with van der Waals surface area (Å²) in [5, 5.41) is 4.17. The van der Waals surface area contributed by atoms with Gasteiger partial charge in [-0.15, -0.1) is 0 Å². The number of thiol groups is 1. The van der Waals surface area contributed by atoms with Crippen LogP contribution in [-0.2, 0) is 6.54 Å². The largest absolute Gasteiger partial charge is 0.272 e. The van der Waals surface area contributed by atoms with Gasteiger partial charge in [-0.25, -0.2) is 0 Å². The smallest absolute Gasteiger partial charge is 0.0489 e. The van der Waals surface area contributed by atoms with Gasteiger partial charge in [0, 0.05) is 18.9 Å². The van der Waals surface area contributed by atoms with E-state index in [1.165, 1.54) is 0 Å². The van der Waals surface area contributed by atoms with Gasteiger partial charge in [0.25, 0.3) is 0 Å². The Morgan fingerprint density at radius 1 is 1.50 bits per heavy atom. The molecule has 0 aliphatic rings. The zero-order valence-corrected chi connectivity index (χ0v) is 8.54. The van der Waals surface area contributed by atoms with Gasteiger partial charge >= 0.3 is 0 Å². The highest BCUT2D eigenvalue weighted by atomic mass is 32.1. The standard InChI is InChI=1S/C9H16N2S/c1-8(2)9(7-12)6-11-5-3-4-10-11/h3-5,8-9,12H,6-7H2,1-2H3. The van der Waals surface area contributed by atoms with Gasteiger partial charge in [0.05, 0.1) is 0 Å². The zero-order chi connectivity index (χ0) is 8.97. The second kappa shape index (κ2) is 4.55. The van der Waals surface area contributed by atoms with Crippen molar-refractivity contribution >= 4 is 12.6 Å². The molecule has 2 nitrogen and oxygen atoms in total. The second-order valence-corrected chi connectivity index (χ2v) is 3.78. The van der Waals surface area contributed by atoms with Gasteiger partial charge in [0.15, 0.2) is 0 Å². The van der Waals surface area contributed by atoms with Crippen LogP contribution in [0.5, 0.6) is 0 Å². The lowest BCUT2D eigenvalue weighted by Crippen LogP contribution is -2.18. The number of hydrogen-bond acceptors (Lipinski definition) is 2. The molecule has 3 heteroatoms. The summed E-state index contributed by atoms with van der Waals surface area (Å²) in [6.45, 7) is 5.43. The van der Waals surface area contributed by atoms with E-state index in [2.05, 4.69) is 31.6 Å². The Morgan fingerprint density at radius 2 is 2.25 bits per heavy atom. The highest BCUT2D eigenvalue weighted by Gasteiger charge is 2.11. The maximum absolute atomic E-state index is 4.33. The van der Waals surface area contributed by atoms with Gasteiger partial charge in [-0.05, 0) is 23.7 Å². The molecule has 0 N–H and O–H groups in total. The normalized spacial score (nSPS) is 13.7. The summed E-state index contributed by atoms with van der Waals surface area (Å²) < 4.78 is 1.97. The summed E-state index contributed by atoms with van der Waals surface area (Å²) in [4.78, 5) is 0. The minimum atomic E-state index is 0.619. The molecule has 1 unspecified atom stereocenters. The lowest BCUT2D eigenvalue weighted by molar-refractivity contribution is 0.356. The van der Waals surface area contributed by atoms with Crippen LogP contribution in [0.2, 0.25) is 0 Å². The van der Waals surface area contributed by atoms with Gasteiger partial charge in [0.2, 0.25) is 0 Å². The Balaban J connectivity index is 2.48. The maximum atomic E-state index is 4.33. The number of rotatable bonds is 4. The summed E-state index contributed by atoms with van der Waals surface area (Å²) >= 11 is 4.33. The van der Waals surface area contributed by atoms with Crippen molar-refractivity contribution in [2.45, 2.75) is 20.4 Å². The molecule has 1 atom stereocenters. The molecule has 12 heavy (non-hydrogen) atoms. The van der Waals surface area contributed by atoms with Crippen LogP contribution < -0.4 is 0 Å². The van der Waals surface area contributed by atoms with Crippen molar-refractivity contribution in [3.8, 4) is 0 Å². The van der Waals surface area contributed by atoms with Gasteiger partial charge in [-0.2, -0.15) is 17.7 Å². The van der Waals surface area contributed by atoms with Crippen molar-refractivity contribution < 1.29 is 0 Å². The molecule has 1 aromatic rings. The van der Waals surface area contributed by atoms with Crippen LogP contribution >= 0.6 is 12.6 Å². The van der Waals surface area contributed by atoms with Crippen LogP contribution in [0.25, 0.3) is 0 Å². The first kappa shape index (κ1) is 9.65. The number of aromatic nitrogens is 2. The molecule has 1 rings (SSSR count). The second-order valence-electron chi connectivity index (χ2n) is 3.41. The fraction of sp³-hybridized carbons (Fsp3) is 0.667.